The van der Waals surface area contributed by atoms with Crippen LogP contribution in [0.25, 0.3) is 0 Å². The van der Waals surface area contributed by atoms with Crippen molar-refractivity contribution in [2.24, 2.45) is 5.41 Å². The molecule has 0 radical (unpaired) electrons. The first-order chi connectivity index (χ1) is 7.15. The van der Waals surface area contributed by atoms with Crippen LogP contribution in [0.15, 0.2) is 12.7 Å². The summed E-state index contributed by atoms with van der Waals surface area (Å²) in [5.74, 6) is 0.0779. The fourth-order valence-corrected chi connectivity index (χ4v) is 2.09. The quantitative estimate of drug-likeness (QED) is 0.659. The van der Waals surface area contributed by atoms with Crippen LogP contribution in [0.3, 0.4) is 0 Å². The molecular formula is C10H14N2O3. The van der Waals surface area contributed by atoms with Gasteiger partial charge in [-0.2, -0.15) is 0 Å². The molecule has 0 aromatic heterocycles. The van der Waals surface area contributed by atoms with Gasteiger partial charge in [0.2, 0.25) is 5.91 Å². The summed E-state index contributed by atoms with van der Waals surface area (Å²) in [5, 5.41) is 2.78. The smallest absolute Gasteiger partial charge is 0.410 e. The van der Waals surface area contributed by atoms with Crippen LogP contribution in [0.5, 0.6) is 0 Å². The molecule has 5 nitrogen and oxygen atoms in total. The minimum Gasteiger partial charge on any atom is -0.445 e. The second-order valence-corrected chi connectivity index (χ2v) is 4.18. The van der Waals surface area contributed by atoms with Gasteiger partial charge < -0.3 is 15.0 Å². The zero-order valence-electron chi connectivity index (χ0n) is 8.49. The summed E-state index contributed by atoms with van der Waals surface area (Å²) in [4.78, 5) is 24.0. The molecule has 2 aliphatic heterocycles. The second-order valence-electron chi connectivity index (χ2n) is 4.18. The van der Waals surface area contributed by atoms with Gasteiger partial charge in [0.05, 0.1) is 0 Å². The van der Waals surface area contributed by atoms with E-state index in [0.29, 0.717) is 26.1 Å². The minimum absolute atomic E-state index is 0.0235. The average Bonchev–Trinajstić information content (AvgIpc) is 2.54. The standard InChI is InChI=1S/C10H14N2O3/c1-2-3-15-9(14)12-6-10(7-12)4-8(13)11-5-10/h2H,1,3-7H2,(H,11,13). The van der Waals surface area contributed by atoms with Gasteiger partial charge in [-0.1, -0.05) is 12.7 Å². The summed E-state index contributed by atoms with van der Waals surface area (Å²) < 4.78 is 4.89. The van der Waals surface area contributed by atoms with E-state index in [2.05, 4.69) is 11.9 Å². The van der Waals surface area contributed by atoms with Crippen molar-refractivity contribution in [2.45, 2.75) is 6.42 Å². The molecule has 82 valence electrons. The van der Waals surface area contributed by atoms with Crippen LogP contribution in [0, 0.1) is 5.41 Å². The molecule has 0 aliphatic carbocycles. The van der Waals surface area contributed by atoms with E-state index < -0.39 is 0 Å². The van der Waals surface area contributed by atoms with Gasteiger partial charge in [-0.3, -0.25) is 4.79 Å². The van der Waals surface area contributed by atoms with E-state index in [9.17, 15) is 9.59 Å². The van der Waals surface area contributed by atoms with Crippen molar-refractivity contribution in [3.63, 3.8) is 0 Å². The molecule has 2 aliphatic rings. The molecule has 1 N–H and O–H groups in total. The number of amides is 2. The van der Waals surface area contributed by atoms with E-state index >= 15 is 0 Å². The van der Waals surface area contributed by atoms with Crippen molar-refractivity contribution < 1.29 is 14.3 Å². The number of hydrogen-bond donors (Lipinski definition) is 1. The Labute approximate surface area is 88.1 Å². The third kappa shape index (κ3) is 1.82. The lowest BCUT2D eigenvalue weighted by atomic mass is 9.79. The fourth-order valence-electron chi connectivity index (χ4n) is 2.09. The van der Waals surface area contributed by atoms with E-state index in [0.717, 1.165) is 0 Å². The zero-order valence-corrected chi connectivity index (χ0v) is 8.49. The molecule has 0 aromatic carbocycles. The molecule has 2 heterocycles. The largest absolute Gasteiger partial charge is 0.445 e. The maximum atomic E-state index is 11.4. The molecule has 2 rings (SSSR count). The summed E-state index contributed by atoms with van der Waals surface area (Å²) >= 11 is 0. The maximum Gasteiger partial charge on any atom is 0.410 e. The number of hydrogen-bond acceptors (Lipinski definition) is 3. The molecule has 0 bridgehead atoms. The Morgan fingerprint density at radius 3 is 2.93 bits per heavy atom. The van der Waals surface area contributed by atoms with Crippen LogP contribution < -0.4 is 5.32 Å². The third-order valence-corrected chi connectivity index (χ3v) is 2.83. The minimum atomic E-state index is -0.320. The molecular weight excluding hydrogens is 196 g/mol. The highest BCUT2D eigenvalue weighted by molar-refractivity contribution is 5.80. The Morgan fingerprint density at radius 1 is 1.67 bits per heavy atom. The Balaban J connectivity index is 1.80. The van der Waals surface area contributed by atoms with E-state index in [1.54, 1.807) is 4.90 Å². The van der Waals surface area contributed by atoms with E-state index in [-0.39, 0.29) is 24.0 Å². The summed E-state index contributed by atoms with van der Waals surface area (Å²) in [6.45, 7) is 5.61. The van der Waals surface area contributed by atoms with Crippen molar-refractivity contribution in [2.75, 3.05) is 26.2 Å². The number of nitrogens with one attached hydrogen (secondary N) is 1. The predicted octanol–water partition coefficient (Wildman–Crippen LogP) is 0.131. The molecule has 0 unspecified atom stereocenters. The van der Waals surface area contributed by atoms with Crippen molar-refractivity contribution in [3.8, 4) is 0 Å². The van der Waals surface area contributed by atoms with Crippen LogP contribution in [0.4, 0.5) is 4.79 Å². The third-order valence-electron chi connectivity index (χ3n) is 2.83. The Morgan fingerprint density at radius 2 is 2.40 bits per heavy atom. The van der Waals surface area contributed by atoms with Gasteiger partial charge in [0.15, 0.2) is 0 Å². The van der Waals surface area contributed by atoms with E-state index in [1.165, 1.54) is 6.08 Å². The van der Waals surface area contributed by atoms with Crippen molar-refractivity contribution in [1.29, 1.82) is 0 Å². The Hall–Kier alpha value is -1.52. The van der Waals surface area contributed by atoms with Crippen LogP contribution in [0.2, 0.25) is 0 Å². The first kappa shape index (κ1) is 10.0. The van der Waals surface area contributed by atoms with Gasteiger partial charge in [-0.05, 0) is 0 Å². The second kappa shape index (κ2) is 3.56. The van der Waals surface area contributed by atoms with Crippen LogP contribution in [0.1, 0.15) is 6.42 Å². The molecule has 0 atom stereocenters. The van der Waals surface area contributed by atoms with Crippen LogP contribution in [-0.2, 0) is 9.53 Å². The monoisotopic (exact) mass is 210 g/mol. The highest BCUT2D eigenvalue weighted by Crippen LogP contribution is 2.36. The van der Waals surface area contributed by atoms with Crippen molar-refractivity contribution >= 4 is 12.0 Å². The maximum absolute atomic E-state index is 11.4. The summed E-state index contributed by atoms with van der Waals surface area (Å²) in [5.41, 5.74) is -0.0235. The van der Waals surface area contributed by atoms with Crippen molar-refractivity contribution in [1.82, 2.24) is 10.2 Å². The van der Waals surface area contributed by atoms with Crippen LogP contribution >= 0.6 is 0 Å². The Bertz CT molecular complexity index is 308. The van der Waals surface area contributed by atoms with Gasteiger partial charge in [-0.15, -0.1) is 0 Å². The lowest BCUT2D eigenvalue weighted by Crippen LogP contribution is -2.59. The van der Waals surface area contributed by atoms with Gasteiger partial charge in [0.1, 0.15) is 6.61 Å². The van der Waals surface area contributed by atoms with Crippen LogP contribution in [-0.4, -0.2) is 43.1 Å². The number of nitrogens with zero attached hydrogens (tertiary/aromatic N) is 1. The number of rotatable bonds is 2. The lowest BCUT2D eigenvalue weighted by Gasteiger charge is -2.45. The first-order valence-corrected chi connectivity index (χ1v) is 4.94. The number of carbonyl (C=O) groups is 2. The zero-order chi connectivity index (χ0) is 10.9. The molecule has 5 heteroatoms. The molecule has 2 amide bonds. The molecule has 2 fully saturated rings. The van der Waals surface area contributed by atoms with E-state index in [4.69, 9.17) is 4.74 Å². The summed E-state index contributed by atoms with van der Waals surface area (Å²) in [7, 11) is 0. The lowest BCUT2D eigenvalue weighted by molar-refractivity contribution is -0.120. The normalized spacial score (nSPS) is 22.1. The van der Waals surface area contributed by atoms with Gasteiger partial charge in [0, 0.05) is 31.5 Å². The van der Waals surface area contributed by atoms with Gasteiger partial charge >= 0.3 is 6.09 Å². The first-order valence-electron chi connectivity index (χ1n) is 4.94. The number of ether oxygens (including phenoxy) is 1. The SMILES string of the molecule is C=CCOC(=O)N1CC2(CNC(=O)C2)C1. The van der Waals surface area contributed by atoms with Gasteiger partial charge in [0.25, 0.3) is 0 Å². The van der Waals surface area contributed by atoms with Gasteiger partial charge in [-0.25, -0.2) is 4.79 Å². The molecule has 2 saturated heterocycles. The number of likely N-dealkylation sites (tertiary alicyclic amines) is 1. The summed E-state index contributed by atoms with van der Waals surface area (Å²) in [6, 6.07) is 0. The highest BCUT2D eigenvalue weighted by Gasteiger charge is 2.50. The number of carbonyl (C=O) groups excluding carboxylic acids is 2. The fraction of sp³-hybridized carbons (Fsp3) is 0.600. The summed E-state index contributed by atoms with van der Waals surface area (Å²) in [6.07, 6.45) is 1.74. The molecule has 0 saturated carbocycles. The van der Waals surface area contributed by atoms with Crippen molar-refractivity contribution in [3.05, 3.63) is 12.7 Å². The molecule has 15 heavy (non-hydrogen) atoms. The average molecular weight is 210 g/mol. The predicted molar refractivity (Wildman–Crippen MR) is 53.2 cm³/mol. The Kier molecular flexibility index (Phi) is 2.38. The highest BCUT2D eigenvalue weighted by atomic mass is 16.6. The molecule has 1 spiro atoms. The topological polar surface area (TPSA) is 58.6 Å². The van der Waals surface area contributed by atoms with E-state index in [1.807, 2.05) is 0 Å². The molecule has 0 aromatic rings.